The van der Waals surface area contributed by atoms with Crippen molar-refractivity contribution in [3.63, 3.8) is 0 Å². The average molecular weight is 341 g/mol. The van der Waals surface area contributed by atoms with E-state index in [0.717, 1.165) is 11.8 Å². The lowest BCUT2D eigenvalue weighted by Gasteiger charge is -2.41. The van der Waals surface area contributed by atoms with Gasteiger partial charge in [-0.1, -0.05) is 53.4 Å². The summed E-state index contributed by atoms with van der Waals surface area (Å²) in [5, 5.41) is 3.47. The number of piperidine rings is 2. The Balaban J connectivity index is 0.000000952. The lowest BCUT2D eigenvalue weighted by Crippen LogP contribution is -2.46. The zero-order chi connectivity index (χ0) is 18.4. The first kappa shape index (κ1) is 23.9. The molecule has 0 aromatic carbocycles. The van der Waals surface area contributed by atoms with Gasteiger partial charge in [0.25, 0.3) is 0 Å². The molecule has 2 heterocycles. The standard InChI is InChI=1S/C17H34N2.C3H8.C2H6/c1-17(2,3)19-13-9-16(10-14-19)6-4-5-15-7-11-18-12-8-15;1-3-2;1-2/h15-16,18H,4-14H2,1-3H3;3H2,1-2H3;1-2H3. The van der Waals surface area contributed by atoms with Gasteiger partial charge in [-0.15, -0.1) is 0 Å². The van der Waals surface area contributed by atoms with Crippen LogP contribution in [0, 0.1) is 11.8 Å². The molecule has 0 amide bonds. The molecule has 24 heavy (non-hydrogen) atoms. The van der Waals surface area contributed by atoms with Gasteiger partial charge in [0.05, 0.1) is 0 Å². The van der Waals surface area contributed by atoms with Gasteiger partial charge < -0.3 is 5.32 Å². The minimum atomic E-state index is 0.375. The van der Waals surface area contributed by atoms with E-state index in [2.05, 4.69) is 44.8 Å². The lowest BCUT2D eigenvalue weighted by atomic mass is 9.86. The van der Waals surface area contributed by atoms with Crippen LogP contribution in [0.2, 0.25) is 0 Å². The Morgan fingerprint density at radius 3 is 1.67 bits per heavy atom. The van der Waals surface area contributed by atoms with Crippen LogP contribution in [0.5, 0.6) is 0 Å². The van der Waals surface area contributed by atoms with Crippen LogP contribution < -0.4 is 5.32 Å². The first-order chi connectivity index (χ1) is 11.5. The second-order valence-corrected chi connectivity index (χ2v) is 8.43. The van der Waals surface area contributed by atoms with Crippen molar-refractivity contribution in [1.29, 1.82) is 0 Å². The number of hydrogen-bond donors (Lipinski definition) is 1. The highest BCUT2D eigenvalue weighted by atomic mass is 15.2. The Morgan fingerprint density at radius 1 is 0.833 bits per heavy atom. The minimum Gasteiger partial charge on any atom is -0.317 e. The fraction of sp³-hybridized carbons (Fsp3) is 1.00. The first-order valence-corrected chi connectivity index (χ1v) is 10.9. The number of nitrogens with zero attached hydrogens (tertiary/aromatic N) is 1. The SMILES string of the molecule is CC.CC(C)(C)N1CCC(CCCC2CCNCC2)CC1.CCC. The van der Waals surface area contributed by atoms with Crippen molar-refractivity contribution in [1.82, 2.24) is 10.2 Å². The number of likely N-dealkylation sites (tertiary alicyclic amines) is 1. The van der Waals surface area contributed by atoms with Crippen LogP contribution in [0.25, 0.3) is 0 Å². The van der Waals surface area contributed by atoms with Crippen molar-refractivity contribution in [3.8, 4) is 0 Å². The largest absolute Gasteiger partial charge is 0.317 e. The predicted octanol–water partition coefficient (Wildman–Crippen LogP) is 6.11. The van der Waals surface area contributed by atoms with Crippen LogP contribution in [0.15, 0.2) is 0 Å². The number of nitrogens with one attached hydrogen (secondary N) is 1. The minimum absolute atomic E-state index is 0.375. The number of rotatable bonds is 4. The molecule has 0 atom stereocenters. The van der Waals surface area contributed by atoms with Gasteiger partial charge in [0.15, 0.2) is 0 Å². The Morgan fingerprint density at radius 2 is 1.25 bits per heavy atom. The van der Waals surface area contributed by atoms with Crippen LogP contribution in [0.4, 0.5) is 0 Å². The molecule has 0 aromatic rings. The zero-order valence-electron chi connectivity index (χ0n) is 18.1. The third kappa shape index (κ3) is 10.7. The van der Waals surface area contributed by atoms with Crippen molar-refractivity contribution in [3.05, 3.63) is 0 Å². The molecule has 0 aromatic heterocycles. The summed E-state index contributed by atoms with van der Waals surface area (Å²) < 4.78 is 0. The molecule has 2 aliphatic heterocycles. The summed E-state index contributed by atoms with van der Waals surface area (Å²) in [5.74, 6) is 2.04. The first-order valence-electron chi connectivity index (χ1n) is 10.9. The fourth-order valence-electron chi connectivity index (χ4n) is 3.76. The molecule has 0 spiro atoms. The third-order valence-corrected chi connectivity index (χ3v) is 5.25. The van der Waals surface area contributed by atoms with Crippen molar-refractivity contribution in [2.75, 3.05) is 26.2 Å². The number of hydrogen-bond acceptors (Lipinski definition) is 2. The van der Waals surface area contributed by atoms with Gasteiger partial charge in [-0.05, 0) is 84.5 Å². The highest BCUT2D eigenvalue weighted by Gasteiger charge is 2.26. The molecule has 2 heteroatoms. The monoisotopic (exact) mass is 340 g/mol. The van der Waals surface area contributed by atoms with Crippen LogP contribution in [-0.4, -0.2) is 36.6 Å². The topological polar surface area (TPSA) is 15.3 Å². The van der Waals surface area contributed by atoms with Gasteiger partial charge in [-0.25, -0.2) is 0 Å². The molecule has 0 saturated carbocycles. The Bertz CT molecular complexity index is 256. The lowest BCUT2D eigenvalue weighted by molar-refractivity contribution is 0.0842. The Labute approximate surface area is 154 Å². The van der Waals surface area contributed by atoms with Gasteiger partial charge in [0.1, 0.15) is 0 Å². The maximum absolute atomic E-state index is 3.47. The smallest absolute Gasteiger partial charge is 0.0125 e. The van der Waals surface area contributed by atoms with E-state index in [1.165, 1.54) is 77.5 Å². The molecule has 2 saturated heterocycles. The molecule has 2 nitrogen and oxygen atoms in total. The van der Waals surface area contributed by atoms with Gasteiger partial charge in [0.2, 0.25) is 0 Å². The van der Waals surface area contributed by atoms with Crippen molar-refractivity contribution in [2.24, 2.45) is 11.8 Å². The maximum Gasteiger partial charge on any atom is 0.0125 e. The molecule has 0 radical (unpaired) electrons. The molecule has 2 fully saturated rings. The molecule has 0 unspecified atom stereocenters. The molecule has 1 N–H and O–H groups in total. The molecule has 146 valence electrons. The van der Waals surface area contributed by atoms with Gasteiger partial charge in [0, 0.05) is 5.54 Å². The Hall–Kier alpha value is -0.0800. The second kappa shape index (κ2) is 14.1. The van der Waals surface area contributed by atoms with Crippen LogP contribution >= 0.6 is 0 Å². The van der Waals surface area contributed by atoms with E-state index in [0.29, 0.717) is 5.54 Å². The van der Waals surface area contributed by atoms with E-state index in [-0.39, 0.29) is 0 Å². The summed E-state index contributed by atoms with van der Waals surface area (Å²) in [6, 6.07) is 0. The quantitative estimate of drug-likeness (QED) is 0.664. The van der Waals surface area contributed by atoms with Crippen LogP contribution in [0.3, 0.4) is 0 Å². The molecule has 0 aliphatic carbocycles. The summed E-state index contributed by atoms with van der Waals surface area (Å²) in [5.41, 5.74) is 0.375. The van der Waals surface area contributed by atoms with E-state index in [1.54, 1.807) is 0 Å². The average Bonchev–Trinajstić information content (AvgIpc) is 2.58. The highest BCUT2D eigenvalue weighted by Crippen LogP contribution is 2.28. The molecular formula is C22H48N2. The normalized spacial score (nSPS) is 20.6. The van der Waals surface area contributed by atoms with Crippen LogP contribution in [-0.2, 0) is 0 Å². The van der Waals surface area contributed by atoms with E-state index in [1.807, 2.05) is 13.8 Å². The van der Waals surface area contributed by atoms with Gasteiger partial charge >= 0.3 is 0 Å². The second-order valence-electron chi connectivity index (χ2n) is 8.43. The molecule has 0 bridgehead atoms. The van der Waals surface area contributed by atoms with E-state index >= 15 is 0 Å². The summed E-state index contributed by atoms with van der Waals surface area (Å²) in [6.07, 6.45) is 11.4. The van der Waals surface area contributed by atoms with E-state index in [9.17, 15) is 0 Å². The molecule has 2 aliphatic rings. The van der Waals surface area contributed by atoms with Gasteiger partial charge in [-0.3, -0.25) is 4.90 Å². The maximum atomic E-state index is 3.47. The van der Waals surface area contributed by atoms with Crippen molar-refractivity contribution in [2.45, 2.75) is 105 Å². The molecular weight excluding hydrogens is 292 g/mol. The predicted molar refractivity (Wildman–Crippen MR) is 111 cm³/mol. The van der Waals surface area contributed by atoms with E-state index < -0.39 is 0 Å². The van der Waals surface area contributed by atoms with Crippen molar-refractivity contribution < 1.29 is 0 Å². The summed E-state index contributed by atoms with van der Waals surface area (Å²) in [4.78, 5) is 2.66. The summed E-state index contributed by atoms with van der Waals surface area (Å²) >= 11 is 0. The Kier molecular flexibility index (Phi) is 14.1. The highest BCUT2D eigenvalue weighted by molar-refractivity contribution is 4.82. The van der Waals surface area contributed by atoms with E-state index in [4.69, 9.17) is 0 Å². The summed E-state index contributed by atoms with van der Waals surface area (Å²) in [6.45, 7) is 20.5. The summed E-state index contributed by atoms with van der Waals surface area (Å²) in [7, 11) is 0. The zero-order valence-corrected chi connectivity index (χ0v) is 18.1. The fourth-order valence-corrected chi connectivity index (χ4v) is 3.76. The van der Waals surface area contributed by atoms with Gasteiger partial charge in [-0.2, -0.15) is 0 Å². The van der Waals surface area contributed by atoms with Crippen molar-refractivity contribution >= 4 is 0 Å². The molecule has 2 rings (SSSR count). The third-order valence-electron chi connectivity index (χ3n) is 5.25. The van der Waals surface area contributed by atoms with Crippen LogP contribution in [0.1, 0.15) is 99.8 Å².